The fraction of sp³-hybridized carbons (Fsp3) is 0.346. The second-order valence-electron chi connectivity index (χ2n) is 8.21. The van der Waals surface area contributed by atoms with E-state index in [0.29, 0.717) is 17.5 Å². The van der Waals surface area contributed by atoms with Crippen LogP contribution in [-0.2, 0) is 27.7 Å². The number of ether oxygens (including phenoxy) is 2. The molecule has 0 saturated heterocycles. The quantitative estimate of drug-likeness (QED) is 0.151. The normalized spacial score (nSPS) is 11.1. The maximum Gasteiger partial charge on any atom is 0.515 e. The lowest BCUT2D eigenvalue weighted by atomic mass is 9.99. The van der Waals surface area contributed by atoms with E-state index in [1.165, 1.54) is 30.1 Å². The van der Waals surface area contributed by atoms with E-state index in [-0.39, 0.29) is 11.5 Å². The van der Waals surface area contributed by atoms with Gasteiger partial charge in [0.15, 0.2) is 11.2 Å². The number of carbonyl (C=O) groups excluding carboxylic acids is 1. The minimum atomic E-state index is -3.89. The Morgan fingerprint density at radius 1 is 1.22 bits per heavy atom. The van der Waals surface area contributed by atoms with Crippen LogP contribution in [0.2, 0.25) is 0 Å². The molecule has 11 heteroatoms. The Morgan fingerprint density at radius 3 is 2.65 bits per heavy atom. The smallest absolute Gasteiger partial charge is 0.434 e. The summed E-state index contributed by atoms with van der Waals surface area (Å²) in [6.45, 7) is 6.28. The molecule has 1 aromatic heterocycles. The third-order valence-corrected chi connectivity index (χ3v) is 7.51. The first-order valence-electron chi connectivity index (χ1n) is 11.8. The van der Waals surface area contributed by atoms with Crippen molar-refractivity contribution in [2.75, 3.05) is 12.9 Å². The van der Waals surface area contributed by atoms with Gasteiger partial charge in [0, 0.05) is 6.42 Å². The minimum Gasteiger partial charge on any atom is -0.434 e. The summed E-state index contributed by atoms with van der Waals surface area (Å²) in [6, 6.07) is 12.6. The highest BCUT2D eigenvalue weighted by molar-refractivity contribution is 7.98. The first-order chi connectivity index (χ1) is 17.7. The van der Waals surface area contributed by atoms with E-state index in [1.54, 1.807) is 13.0 Å². The van der Waals surface area contributed by atoms with Gasteiger partial charge in [0.05, 0.1) is 18.0 Å². The van der Waals surface area contributed by atoms with Crippen molar-refractivity contribution in [2.24, 2.45) is 0 Å². The van der Waals surface area contributed by atoms with Gasteiger partial charge in [0.25, 0.3) is 10.0 Å². The summed E-state index contributed by atoms with van der Waals surface area (Å²) in [5, 5.41) is 9.33. The third-order valence-electron chi connectivity index (χ3n) is 5.63. The van der Waals surface area contributed by atoms with Gasteiger partial charge in [-0.3, -0.25) is 4.57 Å². The molecule has 1 N–H and O–H groups in total. The largest absolute Gasteiger partial charge is 0.515 e. The van der Waals surface area contributed by atoms with Gasteiger partial charge in [-0.25, -0.2) is 22.9 Å². The topological polar surface area (TPSA) is 123 Å². The van der Waals surface area contributed by atoms with Crippen molar-refractivity contribution >= 4 is 27.9 Å². The zero-order valence-corrected chi connectivity index (χ0v) is 22.9. The van der Waals surface area contributed by atoms with E-state index < -0.39 is 16.2 Å². The van der Waals surface area contributed by atoms with Crippen molar-refractivity contribution in [3.8, 4) is 23.2 Å². The molecule has 0 radical (unpaired) electrons. The maximum atomic E-state index is 12.2. The van der Waals surface area contributed by atoms with Crippen LogP contribution in [0, 0.1) is 18.4 Å². The van der Waals surface area contributed by atoms with E-state index in [1.807, 2.05) is 46.7 Å². The molecule has 3 aromatic rings. The number of aromatic nitrogens is 2. The average Bonchev–Trinajstić information content (AvgIpc) is 3.18. The summed E-state index contributed by atoms with van der Waals surface area (Å²) in [4.78, 5) is 16.9. The van der Waals surface area contributed by atoms with Gasteiger partial charge in [-0.05, 0) is 67.0 Å². The highest BCUT2D eigenvalue weighted by Crippen LogP contribution is 2.32. The molecule has 0 saturated carbocycles. The van der Waals surface area contributed by atoms with Crippen LogP contribution in [0.4, 0.5) is 4.79 Å². The SMILES string of the molecule is CCCCc1nc(SC)c(OC(=O)OCC)n1Cc1cccc(-c2ccc(S(=O)(=O)NC#N)cc2C)c1. The predicted molar refractivity (Wildman–Crippen MR) is 142 cm³/mol. The van der Waals surface area contributed by atoms with E-state index in [2.05, 4.69) is 6.92 Å². The lowest BCUT2D eigenvalue weighted by Gasteiger charge is -2.14. The Kier molecular flexibility index (Phi) is 9.60. The first-order valence-corrected chi connectivity index (χ1v) is 14.5. The summed E-state index contributed by atoms with van der Waals surface area (Å²) in [5.41, 5.74) is 3.47. The van der Waals surface area contributed by atoms with Gasteiger partial charge in [0.1, 0.15) is 5.82 Å². The summed E-state index contributed by atoms with van der Waals surface area (Å²) in [7, 11) is -3.89. The number of aryl methyl sites for hydroxylation is 2. The Bertz CT molecular complexity index is 1410. The highest BCUT2D eigenvalue weighted by Gasteiger charge is 2.22. The molecular formula is C26H30N4O5S2. The van der Waals surface area contributed by atoms with E-state index in [9.17, 15) is 13.2 Å². The molecule has 0 spiro atoms. The number of unbranched alkanes of at least 4 members (excludes halogenated alkanes) is 1. The molecule has 196 valence electrons. The summed E-state index contributed by atoms with van der Waals surface area (Å²) in [6.07, 6.45) is 5.25. The summed E-state index contributed by atoms with van der Waals surface area (Å²) >= 11 is 1.40. The van der Waals surface area contributed by atoms with Crippen molar-refractivity contribution < 1.29 is 22.7 Å². The van der Waals surface area contributed by atoms with Crippen LogP contribution < -0.4 is 9.46 Å². The van der Waals surface area contributed by atoms with Gasteiger partial charge >= 0.3 is 6.16 Å². The zero-order valence-electron chi connectivity index (χ0n) is 21.3. The minimum absolute atomic E-state index is 0.0239. The number of nitrogens with zero attached hydrogens (tertiary/aromatic N) is 3. The average molecular weight is 543 g/mol. The number of nitriles is 1. The van der Waals surface area contributed by atoms with Crippen molar-refractivity contribution in [2.45, 2.75) is 56.5 Å². The molecule has 37 heavy (non-hydrogen) atoms. The molecule has 2 aromatic carbocycles. The number of imidazole rings is 1. The Hall–Kier alpha value is -3.49. The van der Waals surface area contributed by atoms with Gasteiger partial charge in [-0.1, -0.05) is 37.6 Å². The number of sulfonamides is 1. The van der Waals surface area contributed by atoms with Crippen LogP contribution >= 0.6 is 11.8 Å². The fourth-order valence-electron chi connectivity index (χ4n) is 3.87. The van der Waals surface area contributed by atoms with E-state index >= 15 is 0 Å². The van der Waals surface area contributed by atoms with Crippen LogP contribution in [0.15, 0.2) is 52.4 Å². The molecule has 0 aliphatic carbocycles. The monoisotopic (exact) mass is 542 g/mol. The molecule has 0 amide bonds. The summed E-state index contributed by atoms with van der Waals surface area (Å²) < 4.78 is 38.7. The van der Waals surface area contributed by atoms with Crippen molar-refractivity contribution in [1.29, 1.82) is 5.26 Å². The van der Waals surface area contributed by atoms with Gasteiger partial charge in [-0.2, -0.15) is 5.26 Å². The fourth-order valence-corrected chi connectivity index (χ4v) is 5.21. The van der Waals surface area contributed by atoms with E-state index in [4.69, 9.17) is 19.7 Å². The van der Waals surface area contributed by atoms with Gasteiger partial charge in [0.2, 0.25) is 5.88 Å². The number of rotatable bonds is 11. The maximum absolute atomic E-state index is 12.2. The van der Waals surface area contributed by atoms with Crippen LogP contribution in [0.5, 0.6) is 5.88 Å². The van der Waals surface area contributed by atoms with Crippen molar-refractivity contribution in [3.63, 3.8) is 0 Å². The van der Waals surface area contributed by atoms with Gasteiger partial charge < -0.3 is 9.47 Å². The molecule has 1 heterocycles. The number of thioether (sulfide) groups is 1. The molecule has 9 nitrogen and oxygen atoms in total. The number of carbonyl (C=O) groups is 1. The number of nitrogens with one attached hydrogen (secondary N) is 1. The number of hydrogen-bond donors (Lipinski definition) is 1. The molecule has 0 unspecified atom stereocenters. The lowest BCUT2D eigenvalue weighted by Crippen LogP contribution is -2.18. The predicted octanol–water partition coefficient (Wildman–Crippen LogP) is 5.27. The molecule has 0 fully saturated rings. The molecule has 0 bridgehead atoms. The lowest BCUT2D eigenvalue weighted by molar-refractivity contribution is 0.0998. The van der Waals surface area contributed by atoms with E-state index in [0.717, 1.165) is 47.3 Å². The molecule has 0 atom stereocenters. The number of benzene rings is 2. The standard InChI is InChI=1S/C26H30N4O5S2/c1-5-7-11-23-29-24(36-4)25(35-26(31)34-6-2)30(23)16-19-9-8-10-20(15-19)22-13-12-21(14-18(22)3)37(32,33)28-17-27/h8-10,12-15,28H,5-7,11,16H2,1-4H3. The third kappa shape index (κ3) is 6.84. The molecular weight excluding hydrogens is 512 g/mol. The Labute approximate surface area is 221 Å². The Morgan fingerprint density at radius 2 is 2.00 bits per heavy atom. The van der Waals surface area contributed by atoms with Crippen LogP contribution in [0.3, 0.4) is 0 Å². The van der Waals surface area contributed by atoms with Crippen LogP contribution in [-0.4, -0.2) is 37.0 Å². The second kappa shape index (κ2) is 12.7. The highest BCUT2D eigenvalue weighted by atomic mass is 32.2. The second-order valence-corrected chi connectivity index (χ2v) is 10.7. The van der Waals surface area contributed by atoms with Crippen molar-refractivity contribution in [3.05, 3.63) is 59.4 Å². The van der Waals surface area contributed by atoms with Crippen LogP contribution in [0.25, 0.3) is 11.1 Å². The van der Waals surface area contributed by atoms with Gasteiger partial charge in [-0.15, -0.1) is 11.8 Å². The molecule has 3 rings (SSSR count). The Balaban J connectivity index is 1.99. The molecule has 0 aliphatic heterocycles. The van der Waals surface area contributed by atoms with Crippen molar-refractivity contribution in [1.82, 2.24) is 14.3 Å². The number of hydrogen-bond acceptors (Lipinski definition) is 8. The molecule has 0 aliphatic rings. The zero-order chi connectivity index (χ0) is 27.0. The summed E-state index contributed by atoms with van der Waals surface area (Å²) in [5.74, 6) is 1.19. The first kappa shape index (κ1) is 28.1. The van der Waals surface area contributed by atoms with Crippen LogP contribution in [0.1, 0.15) is 43.6 Å².